The van der Waals surface area contributed by atoms with Crippen molar-refractivity contribution in [3.8, 4) is 0 Å². The Morgan fingerprint density at radius 1 is 1.10 bits per heavy atom. The Bertz CT molecular complexity index is 619. The molecule has 2 N–H and O–H groups in total. The van der Waals surface area contributed by atoms with Gasteiger partial charge in [0.1, 0.15) is 0 Å². The summed E-state index contributed by atoms with van der Waals surface area (Å²) < 4.78 is 0. The minimum Gasteiger partial charge on any atom is -0.384 e. The molecule has 102 valence electrons. The first-order valence-corrected chi connectivity index (χ1v) is 6.92. The molecule has 3 heteroatoms. The topological polar surface area (TPSA) is 41.1 Å². The van der Waals surface area contributed by atoms with Crippen LogP contribution in [0.3, 0.4) is 0 Å². The Hall–Kier alpha value is -2.29. The van der Waals surface area contributed by atoms with Gasteiger partial charge < -0.3 is 10.6 Å². The van der Waals surface area contributed by atoms with Crippen molar-refractivity contribution in [1.82, 2.24) is 0 Å². The van der Waals surface area contributed by atoms with Crippen LogP contribution >= 0.6 is 0 Å². The molecule has 1 atom stereocenters. The van der Waals surface area contributed by atoms with E-state index < -0.39 is 0 Å². The maximum absolute atomic E-state index is 10.9. The molecule has 3 nitrogen and oxygen atoms in total. The summed E-state index contributed by atoms with van der Waals surface area (Å²) in [4.78, 5) is 10.9. The van der Waals surface area contributed by atoms with Gasteiger partial charge in [0.05, 0.1) is 0 Å². The van der Waals surface area contributed by atoms with Gasteiger partial charge in [-0.2, -0.15) is 0 Å². The highest BCUT2D eigenvalue weighted by molar-refractivity contribution is 5.88. The minimum atomic E-state index is -0.0446. The summed E-state index contributed by atoms with van der Waals surface area (Å²) in [6.45, 7) is 2.47. The van der Waals surface area contributed by atoms with Crippen LogP contribution in [0.4, 0.5) is 11.4 Å². The molecule has 2 aromatic carbocycles. The molecule has 1 unspecified atom stereocenters. The Morgan fingerprint density at radius 2 is 1.80 bits per heavy atom. The van der Waals surface area contributed by atoms with E-state index in [1.165, 1.54) is 18.1 Å². The van der Waals surface area contributed by atoms with Crippen molar-refractivity contribution < 1.29 is 4.79 Å². The number of hydrogen-bond acceptors (Lipinski definition) is 2. The van der Waals surface area contributed by atoms with Gasteiger partial charge in [-0.05, 0) is 41.8 Å². The SMILES string of the molecule is CC(=O)Nc1ccc(NCC2Cc3ccccc32)cc1. The summed E-state index contributed by atoms with van der Waals surface area (Å²) in [6, 6.07) is 16.4. The molecule has 0 fully saturated rings. The third-order valence-electron chi connectivity index (χ3n) is 3.72. The molecule has 0 aliphatic heterocycles. The third kappa shape index (κ3) is 2.67. The first kappa shape index (κ1) is 12.7. The monoisotopic (exact) mass is 266 g/mol. The number of fused-ring (bicyclic) bond motifs is 1. The predicted molar refractivity (Wildman–Crippen MR) is 82.1 cm³/mol. The van der Waals surface area contributed by atoms with Crippen LogP contribution in [-0.2, 0) is 11.2 Å². The zero-order valence-electron chi connectivity index (χ0n) is 11.5. The quantitative estimate of drug-likeness (QED) is 0.890. The van der Waals surface area contributed by atoms with Gasteiger partial charge in [-0.25, -0.2) is 0 Å². The van der Waals surface area contributed by atoms with E-state index in [1.807, 2.05) is 24.3 Å². The van der Waals surface area contributed by atoms with E-state index in [0.29, 0.717) is 5.92 Å². The molecule has 1 aliphatic carbocycles. The summed E-state index contributed by atoms with van der Waals surface area (Å²) in [5.41, 5.74) is 4.86. The van der Waals surface area contributed by atoms with E-state index in [0.717, 1.165) is 24.3 Å². The molecule has 0 spiro atoms. The summed E-state index contributed by atoms with van der Waals surface area (Å²) in [5, 5.41) is 6.22. The zero-order valence-corrected chi connectivity index (χ0v) is 11.5. The smallest absolute Gasteiger partial charge is 0.221 e. The predicted octanol–water partition coefficient (Wildman–Crippen LogP) is 3.40. The van der Waals surface area contributed by atoms with Crippen LogP contribution in [0.2, 0.25) is 0 Å². The van der Waals surface area contributed by atoms with Crippen molar-refractivity contribution in [2.24, 2.45) is 0 Å². The molecule has 1 amide bonds. The molecule has 0 saturated carbocycles. The third-order valence-corrected chi connectivity index (χ3v) is 3.72. The van der Waals surface area contributed by atoms with E-state index in [9.17, 15) is 4.79 Å². The van der Waals surface area contributed by atoms with Crippen molar-refractivity contribution in [3.63, 3.8) is 0 Å². The highest BCUT2D eigenvalue weighted by Gasteiger charge is 2.24. The van der Waals surface area contributed by atoms with Gasteiger partial charge in [0.2, 0.25) is 5.91 Å². The summed E-state index contributed by atoms with van der Waals surface area (Å²) >= 11 is 0. The maximum atomic E-state index is 10.9. The number of anilines is 2. The van der Waals surface area contributed by atoms with Crippen LogP contribution in [0.15, 0.2) is 48.5 Å². The Morgan fingerprint density at radius 3 is 2.50 bits per heavy atom. The highest BCUT2D eigenvalue weighted by atomic mass is 16.1. The molecule has 1 aliphatic rings. The molecular weight excluding hydrogens is 248 g/mol. The summed E-state index contributed by atoms with van der Waals surface area (Å²) in [5.74, 6) is 0.568. The molecule has 0 aromatic heterocycles. The van der Waals surface area contributed by atoms with Crippen LogP contribution in [0.5, 0.6) is 0 Å². The Balaban J connectivity index is 1.56. The fraction of sp³-hybridized carbons (Fsp3) is 0.235. The van der Waals surface area contributed by atoms with E-state index in [-0.39, 0.29) is 5.91 Å². The van der Waals surface area contributed by atoms with Gasteiger partial charge in [0, 0.05) is 30.8 Å². The molecule has 0 bridgehead atoms. The molecule has 20 heavy (non-hydrogen) atoms. The number of nitrogens with one attached hydrogen (secondary N) is 2. The minimum absolute atomic E-state index is 0.0446. The largest absolute Gasteiger partial charge is 0.384 e. The highest BCUT2D eigenvalue weighted by Crippen LogP contribution is 2.34. The van der Waals surface area contributed by atoms with Gasteiger partial charge >= 0.3 is 0 Å². The van der Waals surface area contributed by atoms with Crippen molar-refractivity contribution in [3.05, 3.63) is 59.7 Å². The first-order chi connectivity index (χ1) is 9.72. The van der Waals surface area contributed by atoms with Gasteiger partial charge in [0.15, 0.2) is 0 Å². The van der Waals surface area contributed by atoms with Crippen LogP contribution < -0.4 is 10.6 Å². The van der Waals surface area contributed by atoms with Crippen LogP contribution in [0.1, 0.15) is 24.0 Å². The molecule has 0 heterocycles. The number of rotatable bonds is 4. The maximum Gasteiger partial charge on any atom is 0.221 e. The van der Waals surface area contributed by atoms with Crippen LogP contribution in [-0.4, -0.2) is 12.5 Å². The lowest BCUT2D eigenvalue weighted by Gasteiger charge is -2.30. The second-order valence-corrected chi connectivity index (χ2v) is 5.24. The number of carbonyl (C=O) groups is 1. The average molecular weight is 266 g/mol. The number of benzene rings is 2. The van der Waals surface area contributed by atoms with Crippen molar-refractivity contribution in [2.75, 3.05) is 17.2 Å². The van der Waals surface area contributed by atoms with Gasteiger partial charge in [-0.3, -0.25) is 4.79 Å². The van der Waals surface area contributed by atoms with E-state index >= 15 is 0 Å². The average Bonchev–Trinajstić information content (AvgIpc) is 2.41. The van der Waals surface area contributed by atoms with E-state index in [4.69, 9.17) is 0 Å². The zero-order chi connectivity index (χ0) is 13.9. The van der Waals surface area contributed by atoms with Crippen molar-refractivity contribution in [2.45, 2.75) is 19.3 Å². The second kappa shape index (κ2) is 5.37. The molecule has 0 radical (unpaired) electrons. The lowest BCUT2D eigenvalue weighted by Crippen LogP contribution is -2.24. The van der Waals surface area contributed by atoms with Gasteiger partial charge in [-0.15, -0.1) is 0 Å². The standard InChI is InChI=1S/C17H18N2O/c1-12(20)19-16-8-6-15(7-9-16)18-11-14-10-13-4-2-3-5-17(13)14/h2-9,14,18H,10-11H2,1H3,(H,19,20). The molecule has 0 saturated heterocycles. The van der Waals surface area contributed by atoms with Crippen LogP contribution in [0.25, 0.3) is 0 Å². The number of amides is 1. The molecule has 3 rings (SSSR count). The van der Waals surface area contributed by atoms with Crippen molar-refractivity contribution in [1.29, 1.82) is 0 Å². The lowest BCUT2D eigenvalue weighted by molar-refractivity contribution is -0.114. The first-order valence-electron chi connectivity index (χ1n) is 6.92. The van der Waals surface area contributed by atoms with E-state index in [2.05, 4.69) is 34.9 Å². The fourth-order valence-electron chi connectivity index (χ4n) is 2.66. The fourth-order valence-corrected chi connectivity index (χ4v) is 2.66. The Labute approximate surface area is 119 Å². The summed E-state index contributed by atoms with van der Waals surface area (Å²) in [6.07, 6.45) is 1.16. The van der Waals surface area contributed by atoms with Gasteiger partial charge in [-0.1, -0.05) is 24.3 Å². The normalized spacial score (nSPS) is 15.9. The second-order valence-electron chi connectivity index (χ2n) is 5.24. The summed E-state index contributed by atoms with van der Waals surface area (Å²) in [7, 11) is 0. The number of carbonyl (C=O) groups excluding carboxylic acids is 1. The van der Waals surface area contributed by atoms with Gasteiger partial charge in [0.25, 0.3) is 0 Å². The lowest BCUT2D eigenvalue weighted by atomic mass is 9.77. The molecule has 2 aromatic rings. The molecular formula is C17H18N2O. The van der Waals surface area contributed by atoms with Crippen molar-refractivity contribution >= 4 is 17.3 Å². The number of hydrogen-bond donors (Lipinski definition) is 2. The van der Waals surface area contributed by atoms with Crippen LogP contribution in [0, 0.1) is 0 Å². The van der Waals surface area contributed by atoms with E-state index in [1.54, 1.807) is 0 Å². The Kier molecular flexibility index (Phi) is 3.42.